The molecule has 0 bridgehead atoms. The van der Waals surface area contributed by atoms with E-state index in [-0.39, 0.29) is 0 Å². The molecule has 2 nitrogen and oxygen atoms in total. The summed E-state index contributed by atoms with van der Waals surface area (Å²) in [6, 6.07) is 0. The van der Waals surface area contributed by atoms with E-state index in [9.17, 15) is 4.79 Å². The Hall–Kier alpha value is -1.05. The number of hydrogen-bond acceptors (Lipinski definition) is 1. The predicted octanol–water partition coefficient (Wildman–Crippen LogP) is 1.25. The fourth-order valence-electron chi connectivity index (χ4n) is 1.20. The molecule has 0 aliphatic heterocycles. The molecule has 0 aromatic heterocycles. The van der Waals surface area contributed by atoms with E-state index < -0.39 is 0 Å². The van der Waals surface area contributed by atoms with Gasteiger partial charge in [0.15, 0.2) is 0 Å². The highest BCUT2D eigenvalue weighted by Crippen LogP contribution is 2.14. The largest absolute Gasteiger partial charge is 0.355 e. The van der Waals surface area contributed by atoms with Gasteiger partial charge in [-0.25, -0.2) is 0 Å². The van der Waals surface area contributed by atoms with Crippen LogP contribution in [0.5, 0.6) is 0 Å². The van der Waals surface area contributed by atoms with Gasteiger partial charge in [-0.05, 0) is 17.9 Å². The van der Waals surface area contributed by atoms with Crippen LogP contribution in [0.2, 0.25) is 0 Å². The third-order valence-corrected chi connectivity index (χ3v) is 1.73. The number of amides is 1. The zero-order valence-corrected chi connectivity index (χ0v) is 6.71. The highest BCUT2D eigenvalue weighted by molar-refractivity contribution is 5.47. The lowest BCUT2D eigenvalue weighted by atomic mass is 9.98. The van der Waals surface area contributed by atoms with Gasteiger partial charge in [-0.1, -0.05) is 25.2 Å². The summed E-state index contributed by atoms with van der Waals surface area (Å²) in [5.41, 5.74) is 1.20. The van der Waals surface area contributed by atoms with Crippen molar-refractivity contribution in [1.82, 2.24) is 5.32 Å². The van der Waals surface area contributed by atoms with Gasteiger partial charge in [-0.15, -0.1) is 0 Å². The highest BCUT2D eigenvalue weighted by Gasteiger charge is 2.02. The summed E-state index contributed by atoms with van der Waals surface area (Å²) in [5, 5.41) is 2.64. The normalized spacial score (nSPS) is 22.6. The quantitative estimate of drug-likeness (QED) is 0.604. The lowest BCUT2D eigenvalue weighted by molar-refractivity contribution is -0.109. The van der Waals surface area contributed by atoms with Crippen molar-refractivity contribution >= 4 is 6.41 Å². The second-order valence-electron chi connectivity index (χ2n) is 2.86. The zero-order chi connectivity index (χ0) is 8.10. The van der Waals surface area contributed by atoms with Crippen molar-refractivity contribution in [3.05, 3.63) is 23.8 Å². The molecule has 0 radical (unpaired) electrons. The van der Waals surface area contributed by atoms with E-state index in [1.54, 1.807) is 0 Å². The van der Waals surface area contributed by atoms with Crippen LogP contribution < -0.4 is 5.32 Å². The molecular weight excluding hydrogens is 138 g/mol. The first-order chi connectivity index (χ1) is 5.33. The summed E-state index contributed by atoms with van der Waals surface area (Å²) in [7, 11) is 0. The zero-order valence-electron chi connectivity index (χ0n) is 6.71. The van der Waals surface area contributed by atoms with Crippen molar-refractivity contribution in [1.29, 1.82) is 0 Å². The van der Waals surface area contributed by atoms with Crippen LogP contribution in [-0.4, -0.2) is 13.0 Å². The van der Waals surface area contributed by atoms with Crippen LogP contribution in [0.15, 0.2) is 23.8 Å². The SMILES string of the molecule is CC1C=C(CNC=O)C=CC1. The Kier molecular flexibility index (Phi) is 2.90. The molecule has 1 atom stereocenters. The van der Waals surface area contributed by atoms with Crippen molar-refractivity contribution in [3.63, 3.8) is 0 Å². The summed E-state index contributed by atoms with van der Waals surface area (Å²) >= 11 is 0. The maximum absolute atomic E-state index is 9.97. The second-order valence-corrected chi connectivity index (χ2v) is 2.86. The number of allylic oxidation sites excluding steroid dienone is 2. The molecule has 0 saturated carbocycles. The predicted molar refractivity (Wildman–Crippen MR) is 45.1 cm³/mol. The van der Waals surface area contributed by atoms with Gasteiger partial charge in [-0.2, -0.15) is 0 Å². The summed E-state index contributed by atoms with van der Waals surface area (Å²) in [6.45, 7) is 2.83. The van der Waals surface area contributed by atoms with Crippen molar-refractivity contribution in [2.75, 3.05) is 6.54 Å². The molecule has 1 unspecified atom stereocenters. The van der Waals surface area contributed by atoms with E-state index in [1.165, 1.54) is 5.57 Å². The van der Waals surface area contributed by atoms with E-state index in [1.807, 2.05) is 0 Å². The summed E-state index contributed by atoms with van der Waals surface area (Å²) in [6.07, 6.45) is 8.25. The molecule has 1 rings (SSSR count). The van der Waals surface area contributed by atoms with Gasteiger partial charge >= 0.3 is 0 Å². The van der Waals surface area contributed by atoms with E-state index in [0.717, 1.165) is 12.8 Å². The van der Waals surface area contributed by atoms with Crippen LogP contribution in [0.1, 0.15) is 13.3 Å². The van der Waals surface area contributed by atoms with Gasteiger partial charge in [0.1, 0.15) is 0 Å². The summed E-state index contributed by atoms with van der Waals surface area (Å²) in [4.78, 5) is 9.97. The highest BCUT2D eigenvalue weighted by atomic mass is 16.1. The Morgan fingerprint density at radius 2 is 2.64 bits per heavy atom. The molecule has 1 amide bonds. The number of carbonyl (C=O) groups excluding carboxylic acids is 1. The first-order valence-electron chi connectivity index (χ1n) is 3.87. The molecular formula is C9H13NO. The number of hydrogen-bond donors (Lipinski definition) is 1. The monoisotopic (exact) mass is 151 g/mol. The van der Waals surface area contributed by atoms with E-state index >= 15 is 0 Å². The fraction of sp³-hybridized carbons (Fsp3) is 0.444. The van der Waals surface area contributed by atoms with Crippen LogP contribution in [0.25, 0.3) is 0 Å². The van der Waals surface area contributed by atoms with Crippen molar-refractivity contribution in [2.45, 2.75) is 13.3 Å². The van der Waals surface area contributed by atoms with Crippen LogP contribution in [0.4, 0.5) is 0 Å². The molecule has 0 aromatic carbocycles. The number of carbonyl (C=O) groups is 1. The number of rotatable bonds is 3. The van der Waals surface area contributed by atoms with Gasteiger partial charge < -0.3 is 5.32 Å². The maximum Gasteiger partial charge on any atom is 0.207 e. The Labute approximate surface area is 67.0 Å². The smallest absolute Gasteiger partial charge is 0.207 e. The molecule has 1 aliphatic carbocycles. The molecule has 2 heteroatoms. The molecule has 0 aromatic rings. The van der Waals surface area contributed by atoms with Gasteiger partial charge in [0.2, 0.25) is 6.41 Å². The molecule has 60 valence electrons. The molecule has 1 N–H and O–H groups in total. The molecule has 0 saturated heterocycles. The van der Waals surface area contributed by atoms with Crippen LogP contribution >= 0.6 is 0 Å². The summed E-state index contributed by atoms with van der Waals surface area (Å²) in [5.74, 6) is 0.614. The lowest BCUT2D eigenvalue weighted by Gasteiger charge is -2.11. The Balaban J connectivity index is 2.43. The van der Waals surface area contributed by atoms with E-state index in [0.29, 0.717) is 12.5 Å². The molecule has 0 heterocycles. The molecule has 0 fully saturated rings. The standard InChI is InChI=1S/C9H13NO/c1-8-3-2-4-9(5-8)6-10-7-11/h2,4-5,7-8H,3,6H2,1H3,(H,10,11). The molecule has 1 aliphatic rings. The average Bonchev–Trinajstić information content (AvgIpc) is 2.01. The fourth-order valence-corrected chi connectivity index (χ4v) is 1.20. The third-order valence-electron chi connectivity index (χ3n) is 1.73. The lowest BCUT2D eigenvalue weighted by Crippen LogP contribution is -2.15. The Bertz CT molecular complexity index is 194. The van der Waals surface area contributed by atoms with Crippen LogP contribution in [0, 0.1) is 5.92 Å². The van der Waals surface area contributed by atoms with E-state index in [2.05, 4.69) is 30.5 Å². The molecule has 11 heavy (non-hydrogen) atoms. The first-order valence-corrected chi connectivity index (χ1v) is 3.87. The number of nitrogens with one attached hydrogen (secondary N) is 1. The Morgan fingerprint density at radius 1 is 1.82 bits per heavy atom. The van der Waals surface area contributed by atoms with Gasteiger partial charge in [0.05, 0.1) is 0 Å². The van der Waals surface area contributed by atoms with E-state index in [4.69, 9.17) is 0 Å². The van der Waals surface area contributed by atoms with Crippen molar-refractivity contribution in [3.8, 4) is 0 Å². The average molecular weight is 151 g/mol. The van der Waals surface area contributed by atoms with Crippen molar-refractivity contribution in [2.24, 2.45) is 5.92 Å². The van der Waals surface area contributed by atoms with Gasteiger partial charge in [-0.3, -0.25) is 4.79 Å². The third kappa shape index (κ3) is 2.58. The minimum Gasteiger partial charge on any atom is -0.355 e. The Morgan fingerprint density at radius 3 is 3.27 bits per heavy atom. The van der Waals surface area contributed by atoms with Crippen LogP contribution in [-0.2, 0) is 4.79 Å². The van der Waals surface area contributed by atoms with Crippen LogP contribution in [0.3, 0.4) is 0 Å². The second kappa shape index (κ2) is 3.96. The maximum atomic E-state index is 9.97. The topological polar surface area (TPSA) is 29.1 Å². The minimum atomic E-state index is 0.614. The van der Waals surface area contributed by atoms with Gasteiger partial charge in [0, 0.05) is 6.54 Å². The molecule has 0 spiro atoms. The van der Waals surface area contributed by atoms with Gasteiger partial charge in [0.25, 0.3) is 0 Å². The first kappa shape index (κ1) is 8.05. The summed E-state index contributed by atoms with van der Waals surface area (Å²) < 4.78 is 0. The van der Waals surface area contributed by atoms with Crippen molar-refractivity contribution < 1.29 is 4.79 Å². The minimum absolute atomic E-state index is 0.614.